The first-order valence-corrected chi connectivity index (χ1v) is 10.1. The standard InChI is InChI=1S/C20H19F2N3O3S/c21-13-3-4-15(14(22)12-13)25-19(27)17(16-2-1-11-29-16)18(20(25)28)24-7-5-23(6-8-24)9-10-26/h1-4,11-12,26H,5-10H2. The molecule has 2 amide bonds. The lowest BCUT2D eigenvalue weighted by molar-refractivity contribution is -0.120. The number of rotatable bonds is 5. The van der Waals surface area contributed by atoms with E-state index in [2.05, 4.69) is 4.90 Å². The van der Waals surface area contributed by atoms with E-state index >= 15 is 0 Å². The van der Waals surface area contributed by atoms with Gasteiger partial charge in [-0.05, 0) is 23.6 Å². The van der Waals surface area contributed by atoms with E-state index in [9.17, 15) is 18.4 Å². The van der Waals surface area contributed by atoms with Crippen molar-refractivity contribution < 1.29 is 23.5 Å². The Labute approximate surface area is 170 Å². The molecule has 0 unspecified atom stereocenters. The maximum Gasteiger partial charge on any atom is 0.282 e. The molecule has 3 heterocycles. The van der Waals surface area contributed by atoms with Crippen LogP contribution < -0.4 is 4.90 Å². The molecule has 1 aromatic carbocycles. The molecule has 2 aromatic rings. The quantitative estimate of drug-likeness (QED) is 0.751. The molecular formula is C20H19F2N3O3S. The number of piperazine rings is 1. The second-order valence-electron chi connectivity index (χ2n) is 6.79. The lowest BCUT2D eigenvalue weighted by atomic mass is 10.1. The third kappa shape index (κ3) is 3.57. The van der Waals surface area contributed by atoms with E-state index in [0.29, 0.717) is 43.7 Å². The topological polar surface area (TPSA) is 64.1 Å². The fourth-order valence-electron chi connectivity index (χ4n) is 3.67. The number of nitrogens with zero attached hydrogens (tertiary/aromatic N) is 3. The highest BCUT2D eigenvalue weighted by Gasteiger charge is 2.44. The molecule has 0 spiro atoms. The van der Waals surface area contributed by atoms with Crippen LogP contribution in [0.5, 0.6) is 0 Å². The van der Waals surface area contributed by atoms with Gasteiger partial charge in [0.1, 0.15) is 17.3 Å². The normalized spacial score (nSPS) is 18.3. The van der Waals surface area contributed by atoms with Crippen LogP contribution in [0.4, 0.5) is 14.5 Å². The van der Waals surface area contributed by atoms with Gasteiger partial charge in [-0.25, -0.2) is 13.7 Å². The van der Waals surface area contributed by atoms with Crippen molar-refractivity contribution in [3.63, 3.8) is 0 Å². The first-order chi connectivity index (χ1) is 14.0. The van der Waals surface area contributed by atoms with Gasteiger partial charge in [-0.1, -0.05) is 6.07 Å². The number of carbonyl (C=O) groups is 2. The van der Waals surface area contributed by atoms with Crippen molar-refractivity contribution in [2.24, 2.45) is 0 Å². The molecule has 0 radical (unpaired) electrons. The summed E-state index contributed by atoms with van der Waals surface area (Å²) < 4.78 is 27.7. The van der Waals surface area contributed by atoms with Crippen LogP contribution in [0.25, 0.3) is 5.57 Å². The first-order valence-electron chi connectivity index (χ1n) is 9.21. The monoisotopic (exact) mass is 419 g/mol. The Morgan fingerprint density at radius 3 is 2.41 bits per heavy atom. The summed E-state index contributed by atoms with van der Waals surface area (Å²) in [7, 11) is 0. The molecule has 2 aliphatic rings. The molecular weight excluding hydrogens is 400 g/mol. The Morgan fingerprint density at radius 1 is 1.03 bits per heavy atom. The number of thiophene rings is 1. The van der Waals surface area contributed by atoms with Gasteiger partial charge in [-0.2, -0.15) is 0 Å². The summed E-state index contributed by atoms with van der Waals surface area (Å²) >= 11 is 1.32. The molecule has 9 heteroatoms. The van der Waals surface area contributed by atoms with Gasteiger partial charge in [0.2, 0.25) is 0 Å². The Hall–Kier alpha value is -2.62. The third-order valence-corrected chi connectivity index (χ3v) is 5.97. The Balaban J connectivity index is 1.72. The predicted octanol–water partition coefficient (Wildman–Crippen LogP) is 1.92. The zero-order valence-electron chi connectivity index (χ0n) is 15.5. The molecule has 1 aromatic heterocycles. The van der Waals surface area contributed by atoms with Crippen LogP contribution in [0.15, 0.2) is 41.4 Å². The maximum atomic E-state index is 14.4. The minimum Gasteiger partial charge on any atom is -0.395 e. The van der Waals surface area contributed by atoms with E-state index in [1.165, 1.54) is 11.3 Å². The Kier molecular flexibility index (Phi) is 5.44. The van der Waals surface area contributed by atoms with Gasteiger partial charge in [0, 0.05) is 43.7 Å². The van der Waals surface area contributed by atoms with Crippen LogP contribution >= 0.6 is 11.3 Å². The summed E-state index contributed by atoms with van der Waals surface area (Å²) in [4.78, 5) is 31.8. The average Bonchev–Trinajstić information content (AvgIpc) is 3.30. The van der Waals surface area contributed by atoms with Crippen molar-refractivity contribution in [1.29, 1.82) is 0 Å². The van der Waals surface area contributed by atoms with Gasteiger partial charge >= 0.3 is 0 Å². The fraction of sp³-hybridized carbons (Fsp3) is 0.300. The van der Waals surface area contributed by atoms with Crippen LogP contribution in [0.3, 0.4) is 0 Å². The molecule has 1 saturated heterocycles. The molecule has 0 saturated carbocycles. The van der Waals surface area contributed by atoms with Crippen LogP contribution in [0.1, 0.15) is 4.88 Å². The molecule has 0 atom stereocenters. The van der Waals surface area contributed by atoms with E-state index < -0.39 is 23.4 Å². The lowest BCUT2D eigenvalue weighted by Crippen LogP contribution is -2.48. The zero-order valence-corrected chi connectivity index (χ0v) is 16.3. The Morgan fingerprint density at radius 2 is 1.79 bits per heavy atom. The molecule has 1 fully saturated rings. The number of amides is 2. The highest BCUT2D eigenvalue weighted by molar-refractivity contribution is 7.11. The minimum atomic E-state index is -0.966. The second kappa shape index (κ2) is 8.02. The van der Waals surface area contributed by atoms with Crippen molar-refractivity contribution in [2.75, 3.05) is 44.2 Å². The van der Waals surface area contributed by atoms with E-state index in [-0.39, 0.29) is 23.6 Å². The number of hydrogen-bond acceptors (Lipinski definition) is 6. The van der Waals surface area contributed by atoms with Crippen molar-refractivity contribution in [3.8, 4) is 0 Å². The van der Waals surface area contributed by atoms with Crippen LogP contribution in [-0.4, -0.2) is 66.1 Å². The van der Waals surface area contributed by atoms with Gasteiger partial charge in [0.25, 0.3) is 11.8 Å². The van der Waals surface area contributed by atoms with Crippen molar-refractivity contribution in [1.82, 2.24) is 9.80 Å². The summed E-state index contributed by atoms with van der Waals surface area (Å²) in [6.07, 6.45) is 0. The molecule has 6 nitrogen and oxygen atoms in total. The van der Waals surface area contributed by atoms with E-state index in [0.717, 1.165) is 17.0 Å². The smallest absolute Gasteiger partial charge is 0.282 e. The highest BCUT2D eigenvalue weighted by Crippen LogP contribution is 2.37. The third-order valence-electron chi connectivity index (χ3n) is 5.08. The lowest BCUT2D eigenvalue weighted by Gasteiger charge is -2.36. The summed E-state index contributed by atoms with van der Waals surface area (Å²) in [5, 5.41) is 10.9. The van der Waals surface area contributed by atoms with E-state index in [4.69, 9.17) is 5.11 Å². The predicted molar refractivity (Wildman–Crippen MR) is 105 cm³/mol. The van der Waals surface area contributed by atoms with Crippen molar-refractivity contribution in [3.05, 3.63) is 57.9 Å². The molecule has 0 bridgehead atoms. The SMILES string of the molecule is O=C1C(c2cccs2)=C(N2CCN(CCO)CC2)C(=O)N1c1ccc(F)cc1F. The number of anilines is 1. The Bertz CT molecular complexity index is 969. The number of imide groups is 1. The number of aliphatic hydroxyl groups excluding tert-OH is 1. The van der Waals surface area contributed by atoms with Gasteiger partial charge in [0.05, 0.1) is 17.9 Å². The number of aliphatic hydroxyl groups is 1. The van der Waals surface area contributed by atoms with Crippen molar-refractivity contribution >= 4 is 34.4 Å². The van der Waals surface area contributed by atoms with Crippen molar-refractivity contribution in [2.45, 2.75) is 0 Å². The largest absolute Gasteiger partial charge is 0.395 e. The van der Waals surface area contributed by atoms with Crippen LogP contribution in [0, 0.1) is 11.6 Å². The fourth-order valence-corrected chi connectivity index (χ4v) is 4.44. The van der Waals surface area contributed by atoms with Crippen LogP contribution in [0.2, 0.25) is 0 Å². The van der Waals surface area contributed by atoms with Gasteiger partial charge in [-0.3, -0.25) is 14.5 Å². The van der Waals surface area contributed by atoms with Crippen LogP contribution in [-0.2, 0) is 9.59 Å². The average molecular weight is 419 g/mol. The van der Waals surface area contributed by atoms with Gasteiger partial charge in [0.15, 0.2) is 0 Å². The summed E-state index contributed by atoms with van der Waals surface area (Å²) in [5.41, 5.74) is 0.221. The number of benzene rings is 1. The first kappa shape index (κ1) is 19.7. The summed E-state index contributed by atoms with van der Waals surface area (Å²) in [6, 6.07) is 6.32. The minimum absolute atomic E-state index is 0.0537. The second-order valence-corrected chi connectivity index (χ2v) is 7.74. The number of β-amino-alcohol motifs (C(OH)–C–C–N with tert-alkyl or cyclic N) is 1. The van der Waals surface area contributed by atoms with Gasteiger partial charge in [-0.15, -0.1) is 11.3 Å². The summed E-state index contributed by atoms with van der Waals surface area (Å²) in [6.45, 7) is 2.87. The number of hydrogen-bond donors (Lipinski definition) is 1. The maximum absolute atomic E-state index is 14.4. The zero-order chi connectivity index (χ0) is 20.5. The summed E-state index contributed by atoms with van der Waals surface area (Å²) in [5.74, 6) is -2.97. The van der Waals surface area contributed by atoms with E-state index in [1.54, 1.807) is 17.5 Å². The van der Waals surface area contributed by atoms with E-state index in [1.807, 2.05) is 4.90 Å². The number of halogens is 2. The van der Waals surface area contributed by atoms with Gasteiger partial charge < -0.3 is 10.0 Å². The molecule has 2 aliphatic heterocycles. The molecule has 4 rings (SSSR count). The highest BCUT2D eigenvalue weighted by atomic mass is 32.1. The molecule has 0 aliphatic carbocycles. The number of carbonyl (C=O) groups excluding carboxylic acids is 2. The molecule has 1 N–H and O–H groups in total. The molecule has 152 valence electrons. The molecule has 29 heavy (non-hydrogen) atoms.